The number of rotatable bonds is 6. The number of carbonyl (C=O) groups excluding carboxylic acids is 3. The van der Waals surface area contributed by atoms with Gasteiger partial charge in [0.1, 0.15) is 5.70 Å². The molecule has 3 amide bonds. The van der Waals surface area contributed by atoms with Gasteiger partial charge in [0, 0.05) is 37.3 Å². The first-order valence-electron chi connectivity index (χ1n) is 10.9. The summed E-state index contributed by atoms with van der Waals surface area (Å²) in [6.45, 7) is 11.4. The second-order valence-corrected chi connectivity index (χ2v) is 8.69. The Labute approximate surface area is 198 Å². The Bertz CT molecular complexity index is 1370. The first-order valence-corrected chi connectivity index (χ1v) is 10.9. The zero-order valence-electron chi connectivity index (χ0n) is 19.8. The first kappa shape index (κ1) is 23.0. The number of aryl methyl sites for hydroxylation is 1. The molecule has 1 N–H and O–H groups in total. The molecule has 0 saturated carbocycles. The van der Waals surface area contributed by atoms with Crippen molar-refractivity contribution in [2.24, 2.45) is 7.05 Å². The fraction of sp³-hybridized carbons (Fsp3) is 0.231. The van der Waals surface area contributed by atoms with E-state index in [-0.39, 0.29) is 29.9 Å². The summed E-state index contributed by atoms with van der Waals surface area (Å²) in [6.07, 6.45) is 1.94. The minimum Gasteiger partial charge on any atom is -0.338 e. The molecule has 0 bridgehead atoms. The predicted octanol–water partition coefficient (Wildman–Crippen LogP) is 3.21. The molecule has 34 heavy (non-hydrogen) atoms. The van der Waals surface area contributed by atoms with E-state index >= 15 is 0 Å². The largest absolute Gasteiger partial charge is 0.338 e. The van der Waals surface area contributed by atoms with Crippen LogP contribution in [0.5, 0.6) is 0 Å². The third kappa shape index (κ3) is 3.98. The molecule has 0 saturated heterocycles. The zero-order chi connectivity index (χ0) is 24.7. The van der Waals surface area contributed by atoms with Gasteiger partial charge in [0.2, 0.25) is 0 Å². The zero-order valence-corrected chi connectivity index (χ0v) is 19.8. The quantitative estimate of drug-likeness (QED) is 0.576. The fourth-order valence-corrected chi connectivity index (χ4v) is 3.96. The van der Waals surface area contributed by atoms with Crippen LogP contribution in [0, 0.1) is 0 Å². The van der Waals surface area contributed by atoms with Crippen LogP contribution in [0.25, 0.3) is 22.0 Å². The number of hydrogen-bond donors (Lipinski definition) is 1. The van der Waals surface area contributed by atoms with E-state index in [9.17, 15) is 14.4 Å². The predicted molar refractivity (Wildman–Crippen MR) is 130 cm³/mol. The highest BCUT2D eigenvalue weighted by Crippen LogP contribution is 2.35. The number of amides is 3. The van der Waals surface area contributed by atoms with E-state index < -0.39 is 11.8 Å². The van der Waals surface area contributed by atoms with E-state index in [1.165, 1.54) is 9.80 Å². The highest BCUT2D eigenvalue weighted by Gasteiger charge is 2.34. The molecular weight excluding hydrogens is 430 g/mol. The van der Waals surface area contributed by atoms with E-state index in [4.69, 9.17) is 0 Å². The van der Waals surface area contributed by atoms with Gasteiger partial charge in [0.25, 0.3) is 17.7 Å². The van der Waals surface area contributed by atoms with E-state index in [2.05, 4.69) is 23.6 Å². The summed E-state index contributed by atoms with van der Waals surface area (Å²) in [5.41, 5.74) is 3.89. The minimum absolute atomic E-state index is 0.0477. The maximum absolute atomic E-state index is 13.1. The van der Waals surface area contributed by atoms with Crippen LogP contribution >= 0.6 is 0 Å². The highest BCUT2D eigenvalue weighted by atomic mass is 16.2. The van der Waals surface area contributed by atoms with Gasteiger partial charge >= 0.3 is 0 Å². The molecule has 1 aliphatic rings. The Morgan fingerprint density at radius 3 is 2.56 bits per heavy atom. The number of hydrogen-bond acceptors (Lipinski definition) is 4. The first-order chi connectivity index (χ1) is 16.1. The standard InChI is InChI=1S/C26H27N5O3/c1-15(2)30(6)25(33)16(3)27-24(32)17(4)31-14-22-20(8-7-9-21(22)26(31)34)18-10-11-19-13-29(5)28-23(19)12-18/h7-13,15H,3-4,14H2,1-2,5-6H3,(H,27,32). The third-order valence-electron chi connectivity index (χ3n) is 6.11. The summed E-state index contributed by atoms with van der Waals surface area (Å²) in [5.74, 6) is -1.36. The lowest BCUT2D eigenvalue weighted by atomic mass is 9.96. The summed E-state index contributed by atoms with van der Waals surface area (Å²) in [6, 6.07) is 11.4. The Morgan fingerprint density at radius 1 is 1.15 bits per heavy atom. The minimum atomic E-state index is -0.645. The van der Waals surface area contributed by atoms with Crippen LogP contribution in [0.1, 0.15) is 29.8 Å². The molecule has 0 spiro atoms. The topological polar surface area (TPSA) is 87.5 Å². The lowest BCUT2D eigenvalue weighted by molar-refractivity contribution is -0.129. The van der Waals surface area contributed by atoms with Crippen molar-refractivity contribution in [2.45, 2.75) is 26.4 Å². The van der Waals surface area contributed by atoms with Crippen LogP contribution in [-0.4, -0.2) is 50.4 Å². The lowest BCUT2D eigenvalue weighted by Crippen LogP contribution is -2.41. The average molecular weight is 458 g/mol. The average Bonchev–Trinajstić information content (AvgIpc) is 3.35. The number of carbonyl (C=O) groups is 3. The summed E-state index contributed by atoms with van der Waals surface area (Å²) in [5, 5.41) is 7.98. The number of nitrogens with zero attached hydrogens (tertiary/aromatic N) is 4. The van der Waals surface area contributed by atoms with Crippen molar-refractivity contribution >= 4 is 28.6 Å². The highest BCUT2D eigenvalue weighted by molar-refractivity contribution is 6.08. The molecule has 8 heteroatoms. The van der Waals surface area contributed by atoms with Gasteiger partial charge in [-0.05, 0) is 42.7 Å². The van der Waals surface area contributed by atoms with Crippen LogP contribution in [0.3, 0.4) is 0 Å². The van der Waals surface area contributed by atoms with Gasteiger partial charge in [0.05, 0.1) is 17.8 Å². The van der Waals surface area contributed by atoms with Gasteiger partial charge in [-0.15, -0.1) is 0 Å². The Morgan fingerprint density at radius 2 is 1.85 bits per heavy atom. The van der Waals surface area contributed by atoms with Gasteiger partial charge in [-0.2, -0.15) is 5.10 Å². The summed E-state index contributed by atoms with van der Waals surface area (Å²) in [7, 11) is 3.50. The fourth-order valence-electron chi connectivity index (χ4n) is 3.96. The van der Waals surface area contributed by atoms with Gasteiger partial charge in [-0.3, -0.25) is 24.0 Å². The van der Waals surface area contributed by atoms with E-state index in [0.717, 1.165) is 27.6 Å². The SMILES string of the molecule is C=C(NC(=O)C(=C)N1Cc2c(cccc2-c2ccc3cn(C)nc3c2)C1=O)C(=O)N(C)C(C)C. The van der Waals surface area contributed by atoms with Crippen LogP contribution < -0.4 is 5.32 Å². The number of benzene rings is 2. The van der Waals surface area contributed by atoms with Crippen molar-refractivity contribution in [3.8, 4) is 11.1 Å². The number of nitrogens with one attached hydrogen (secondary N) is 1. The molecule has 2 aromatic carbocycles. The molecule has 1 aromatic heterocycles. The van der Waals surface area contributed by atoms with Crippen molar-refractivity contribution in [3.63, 3.8) is 0 Å². The molecule has 4 rings (SSSR count). The molecule has 3 aromatic rings. The van der Waals surface area contributed by atoms with Gasteiger partial charge in [0.15, 0.2) is 0 Å². The second kappa shape index (κ2) is 8.62. The molecule has 0 aliphatic carbocycles. The molecule has 8 nitrogen and oxygen atoms in total. The lowest BCUT2D eigenvalue weighted by Gasteiger charge is -2.23. The van der Waals surface area contributed by atoms with Crippen molar-refractivity contribution in [3.05, 3.63) is 78.3 Å². The van der Waals surface area contributed by atoms with Crippen molar-refractivity contribution in [2.75, 3.05) is 7.05 Å². The maximum atomic E-state index is 13.1. The molecular formula is C26H27N5O3. The normalized spacial score (nSPS) is 12.7. The van der Waals surface area contributed by atoms with E-state index in [0.29, 0.717) is 5.56 Å². The maximum Gasteiger partial charge on any atom is 0.271 e. The number of likely N-dealkylation sites (N-methyl/N-ethyl adjacent to an activating group) is 1. The monoisotopic (exact) mass is 457 g/mol. The van der Waals surface area contributed by atoms with Gasteiger partial charge < -0.3 is 10.2 Å². The Kier molecular flexibility index (Phi) is 5.83. The van der Waals surface area contributed by atoms with Crippen LogP contribution in [-0.2, 0) is 23.2 Å². The van der Waals surface area contributed by atoms with Crippen molar-refractivity contribution in [1.82, 2.24) is 24.9 Å². The van der Waals surface area contributed by atoms with E-state index in [1.54, 1.807) is 17.8 Å². The molecule has 0 atom stereocenters. The van der Waals surface area contributed by atoms with Crippen molar-refractivity contribution < 1.29 is 14.4 Å². The molecule has 174 valence electrons. The van der Waals surface area contributed by atoms with Crippen LogP contribution in [0.4, 0.5) is 0 Å². The Hall–Kier alpha value is -4.20. The number of aromatic nitrogens is 2. The van der Waals surface area contributed by atoms with Crippen molar-refractivity contribution in [1.29, 1.82) is 0 Å². The smallest absolute Gasteiger partial charge is 0.271 e. The third-order valence-corrected chi connectivity index (χ3v) is 6.11. The van der Waals surface area contributed by atoms with Crippen LogP contribution in [0.2, 0.25) is 0 Å². The summed E-state index contributed by atoms with van der Waals surface area (Å²) in [4.78, 5) is 41.1. The summed E-state index contributed by atoms with van der Waals surface area (Å²) < 4.78 is 1.76. The molecule has 2 heterocycles. The molecule has 0 radical (unpaired) electrons. The molecule has 1 aliphatic heterocycles. The molecule has 0 unspecified atom stereocenters. The second-order valence-electron chi connectivity index (χ2n) is 8.69. The van der Waals surface area contributed by atoms with Gasteiger partial charge in [-0.25, -0.2) is 0 Å². The molecule has 0 fully saturated rings. The summed E-state index contributed by atoms with van der Waals surface area (Å²) >= 11 is 0. The Balaban J connectivity index is 1.56. The number of fused-ring (bicyclic) bond motifs is 2. The van der Waals surface area contributed by atoms with E-state index in [1.807, 2.05) is 57.4 Å². The van der Waals surface area contributed by atoms with Crippen LogP contribution in [0.15, 0.2) is 67.1 Å². The van der Waals surface area contributed by atoms with Gasteiger partial charge in [-0.1, -0.05) is 37.4 Å².